The van der Waals surface area contributed by atoms with Gasteiger partial charge in [0.05, 0.1) is 0 Å². The van der Waals surface area contributed by atoms with Crippen LogP contribution in [0.4, 0.5) is 0 Å². The average Bonchev–Trinajstić information content (AvgIpc) is 2.96. The van der Waals surface area contributed by atoms with Crippen LogP contribution < -0.4 is 10.5 Å². The van der Waals surface area contributed by atoms with Gasteiger partial charge in [0.25, 0.3) is 5.78 Å². The van der Waals surface area contributed by atoms with Gasteiger partial charge in [0.15, 0.2) is 5.41 Å². The number of fused-ring (bicyclic) bond motifs is 6. The SMILES string of the molecule is [N-]=[N+]=C1C(=O)c2ccc(C(N)=O)cc2C12c1ccccc1Oc1ccccc12. The molecule has 6 nitrogen and oxygen atoms in total. The quantitative estimate of drug-likeness (QED) is 0.527. The molecule has 134 valence electrons. The number of hydrogen-bond acceptors (Lipinski definition) is 3. The molecule has 2 aliphatic rings. The van der Waals surface area contributed by atoms with Crippen molar-refractivity contribution in [2.75, 3.05) is 0 Å². The summed E-state index contributed by atoms with van der Waals surface area (Å²) in [5, 5.41) is 0. The van der Waals surface area contributed by atoms with Gasteiger partial charge in [-0.25, -0.2) is 0 Å². The zero-order valence-electron chi connectivity index (χ0n) is 14.5. The van der Waals surface area contributed by atoms with Crippen molar-refractivity contribution in [1.29, 1.82) is 0 Å². The first-order chi connectivity index (χ1) is 13.6. The van der Waals surface area contributed by atoms with Crippen molar-refractivity contribution in [3.8, 4) is 11.5 Å². The summed E-state index contributed by atoms with van der Waals surface area (Å²) in [6.45, 7) is 0. The smallest absolute Gasteiger partial charge is 0.358 e. The Hall–Kier alpha value is -4.02. The molecule has 1 aliphatic heterocycles. The molecular weight excluding hydrogens is 354 g/mol. The van der Waals surface area contributed by atoms with Crippen molar-refractivity contribution < 1.29 is 19.1 Å². The maximum absolute atomic E-state index is 13.2. The lowest BCUT2D eigenvalue weighted by molar-refractivity contribution is -0.0118. The molecule has 3 aromatic carbocycles. The maximum atomic E-state index is 13.2. The van der Waals surface area contributed by atoms with Crippen LogP contribution in [0.5, 0.6) is 11.5 Å². The normalized spacial score (nSPS) is 15.3. The van der Waals surface area contributed by atoms with Crippen LogP contribution >= 0.6 is 0 Å². The molecular formula is C22H13N3O3. The second-order valence-corrected chi connectivity index (χ2v) is 6.75. The molecule has 0 bridgehead atoms. The van der Waals surface area contributed by atoms with Crippen molar-refractivity contribution in [3.05, 3.63) is 100 Å². The average molecular weight is 367 g/mol. The van der Waals surface area contributed by atoms with E-state index in [-0.39, 0.29) is 11.3 Å². The minimum atomic E-state index is -1.20. The summed E-state index contributed by atoms with van der Waals surface area (Å²) in [4.78, 5) is 28.4. The lowest BCUT2D eigenvalue weighted by atomic mass is 9.67. The molecule has 2 N–H and O–H groups in total. The molecule has 1 spiro atoms. The lowest BCUT2D eigenvalue weighted by Gasteiger charge is -2.34. The van der Waals surface area contributed by atoms with Gasteiger partial charge in [-0.2, -0.15) is 4.79 Å². The van der Waals surface area contributed by atoms with Gasteiger partial charge >= 0.3 is 5.71 Å². The Morgan fingerprint density at radius 1 is 0.929 bits per heavy atom. The van der Waals surface area contributed by atoms with Crippen LogP contribution in [0.2, 0.25) is 0 Å². The fraction of sp³-hybridized carbons (Fsp3) is 0.0455. The summed E-state index contributed by atoms with van der Waals surface area (Å²) in [6.07, 6.45) is 0. The number of benzene rings is 3. The number of nitrogens with two attached hydrogens (primary N) is 1. The van der Waals surface area contributed by atoms with Gasteiger partial charge in [0.1, 0.15) is 11.5 Å². The summed E-state index contributed by atoms with van der Waals surface area (Å²) in [5.41, 5.74) is 16.7. The number of ketones is 1. The number of para-hydroxylation sites is 2. The van der Waals surface area contributed by atoms with Gasteiger partial charge in [-0.3, -0.25) is 9.59 Å². The molecule has 0 atom stereocenters. The molecule has 6 heteroatoms. The van der Waals surface area contributed by atoms with Crippen LogP contribution in [0.25, 0.3) is 5.53 Å². The third-order valence-corrected chi connectivity index (χ3v) is 5.43. The molecule has 1 heterocycles. The van der Waals surface area contributed by atoms with Crippen LogP contribution in [0.3, 0.4) is 0 Å². The van der Waals surface area contributed by atoms with Crippen LogP contribution in [-0.2, 0) is 5.41 Å². The molecule has 0 fully saturated rings. The third kappa shape index (κ3) is 1.82. The molecule has 28 heavy (non-hydrogen) atoms. The second kappa shape index (κ2) is 5.49. The summed E-state index contributed by atoms with van der Waals surface area (Å²) in [5.74, 6) is 0.0911. The maximum Gasteiger partial charge on any atom is 0.358 e. The van der Waals surface area contributed by atoms with E-state index in [1.807, 2.05) is 36.4 Å². The summed E-state index contributed by atoms with van der Waals surface area (Å²) < 4.78 is 6.05. The van der Waals surface area contributed by atoms with Crippen molar-refractivity contribution >= 4 is 17.4 Å². The van der Waals surface area contributed by atoms with E-state index < -0.39 is 17.1 Å². The van der Waals surface area contributed by atoms with Crippen LogP contribution in [0.1, 0.15) is 37.4 Å². The lowest BCUT2D eigenvalue weighted by Crippen LogP contribution is -2.40. The fourth-order valence-electron chi connectivity index (χ4n) is 4.29. The number of nitrogens with zero attached hydrogens (tertiary/aromatic N) is 2. The highest BCUT2D eigenvalue weighted by molar-refractivity contribution is 6.52. The minimum Gasteiger partial charge on any atom is -0.457 e. The zero-order valence-corrected chi connectivity index (χ0v) is 14.5. The molecule has 0 radical (unpaired) electrons. The Kier molecular flexibility index (Phi) is 3.17. The van der Waals surface area contributed by atoms with E-state index >= 15 is 0 Å². The second-order valence-electron chi connectivity index (χ2n) is 6.75. The van der Waals surface area contributed by atoms with Gasteiger partial charge in [-0.1, -0.05) is 36.4 Å². The monoisotopic (exact) mass is 367 g/mol. The number of rotatable bonds is 1. The Bertz CT molecular complexity index is 1210. The number of carbonyl (C=O) groups excluding carboxylic acids is 2. The van der Waals surface area contributed by atoms with Gasteiger partial charge in [0.2, 0.25) is 5.91 Å². The standard InChI is InChI=1S/C22H13N3O3/c23-21(27)12-9-10-13-16(11-12)22(20(25-24)19(13)26)14-5-1-3-7-17(14)28-18-8-4-2-6-15(18)22/h1-11H,(H2,23,27). The first kappa shape index (κ1) is 16.2. The van der Waals surface area contributed by atoms with E-state index in [4.69, 9.17) is 10.5 Å². The van der Waals surface area contributed by atoms with Crippen LogP contribution in [0.15, 0.2) is 66.7 Å². The molecule has 0 unspecified atom stereocenters. The van der Waals surface area contributed by atoms with Crippen molar-refractivity contribution in [2.24, 2.45) is 5.73 Å². The number of Topliss-reactive ketones (excluding diaryl/α,β-unsaturated/α-hetero) is 1. The fourth-order valence-corrected chi connectivity index (χ4v) is 4.29. The third-order valence-electron chi connectivity index (χ3n) is 5.43. The molecule has 3 aromatic rings. The van der Waals surface area contributed by atoms with E-state index in [1.165, 1.54) is 6.07 Å². The van der Waals surface area contributed by atoms with Crippen LogP contribution in [-0.4, -0.2) is 22.2 Å². The van der Waals surface area contributed by atoms with Crippen molar-refractivity contribution in [1.82, 2.24) is 0 Å². The van der Waals surface area contributed by atoms with Crippen molar-refractivity contribution in [2.45, 2.75) is 5.41 Å². The number of primary amides is 1. The highest BCUT2D eigenvalue weighted by Crippen LogP contribution is 2.55. The molecule has 1 aliphatic carbocycles. The molecule has 5 rings (SSSR count). The summed E-state index contributed by atoms with van der Waals surface area (Å²) >= 11 is 0. The van der Waals surface area contributed by atoms with Crippen LogP contribution in [0, 0.1) is 0 Å². The zero-order chi connectivity index (χ0) is 19.5. The van der Waals surface area contributed by atoms with E-state index in [0.717, 1.165) is 0 Å². The summed E-state index contributed by atoms with van der Waals surface area (Å²) in [6, 6.07) is 19.2. The summed E-state index contributed by atoms with van der Waals surface area (Å²) in [7, 11) is 0. The van der Waals surface area contributed by atoms with Gasteiger partial charge in [0, 0.05) is 22.3 Å². The molecule has 0 saturated heterocycles. The van der Waals surface area contributed by atoms with E-state index in [9.17, 15) is 15.1 Å². The number of hydrogen-bond donors (Lipinski definition) is 1. The van der Waals surface area contributed by atoms with Gasteiger partial charge < -0.3 is 16.0 Å². The van der Waals surface area contributed by atoms with Gasteiger partial charge in [-0.05, 0) is 35.9 Å². The molecule has 0 saturated carbocycles. The topological polar surface area (TPSA) is 106 Å². The van der Waals surface area contributed by atoms with Gasteiger partial charge in [-0.15, -0.1) is 0 Å². The van der Waals surface area contributed by atoms with E-state index in [1.54, 1.807) is 24.3 Å². The van der Waals surface area contributed by atoms with Crippen molar-refractivity contribution in [3.63, 3.8) is 0 Å². The predicted octanol–water partition coefficient (Wildman–Crippen LogP) is 3.09. The number of carbonyl (C=O) groups is 2. The predicted molar refractivity (Wildman–Crippen MR) is 101 cm³/mol. The first-order valence-corrected chi connectivity index (χ1v) is 8.67. The Balaban J connectivity index is 2.00. The Labute approximate surface area is 159 Å². The minimum absolute atomic E-state index is 0.0349. The Morgan fingerprint density at radius 2 is 1.54 bits per heavy atom. The highest BCUT2D eigenvalue weighted by atomic mass is 16.5. The molecule has 1 amide bonds. The first-order valence-electron chi connectivity index (χ1n) is 8.67. The highest BCUT2D eigenvalue weighted by Gasteiger charge is 2.61. The molecule has 0 aromatic heterocycles. The number of ether oxygens (including phenoxy) is 1. The van der Waals surface area contributed by atoms with E-state index in [0.29, 0.717) is 33.8 Å². The Morgan fingerprint density at radius 3 is 2.11 bits per heavy atom. The van der Waals surface area contributed by atoms with E-state index in [2.05, 4.69) is 4.79 Å². The largest absolute Gasteiger partial charge is 0.457 e. The number of amides is 1.